The molecule has 8 heteroatoms. The maximum atomic E-state index is 12.8. The Bertz CT molecular complexity index is 1190. The van der Waals surface area contributed by atoms with Gasteiger partial charge in [-0.25, -0.2) is 8.42 Å². The van der Waals surface area contributed by atoms with Gasteiger partial charge in [0, 0.05) is 46.8 Å². The summed E-state index contributed by atoms with van der Waals surface area (Å²) in [4.78, 5) is 18.4. The standard InChI is InChI=1S/C21H22BrN3O3S/c1-29(27,28)15-5-2-13(3-6-15)21-20-16(9-11-25(21)19(26)8-10-23)17-12-14(22)4-7-18(17)24-20/h2-7,12,21,24H,8-11,23H2,1H3. The van der Waals surface area contributed by atoms with Gasteiger partial charge < -0.3 is 15.6 Å². The quantitative estimate of drug-likeness (QED) is 0.605. The minimum absolute atomic E-state index is 0.00447. The van der Waals surface area contributed by atoms with Crippen molar-refractivity contribution in [3.05, 3.63) is 63.8 Å². The Morgan fingerprint density at radius 3 is 2.62 bits per heavy atom. The number of benzene rings is 2. The maximum Gasteiger partial charge on any atom is 0.224 e. The molecule has 4 rings (SSSR count). The van der Waals surface area contributed by atoms with Crippen LogP contribution in [0.1, 0.15) is 29.3 Å². The lowest BCUT2D eigenvalue weighted by atomic mass is 9.92. The molecular formula is C21H22BrN3O3S. The van der Waals surface area contributed by atoms with Crippen LogP contribution >= 0.6 is 15.9 Å². The molecule has 0 bridgehead atoms. The number of nitrogens with zero attached hydrogens (tertiary/aromatic N) is 1. The van der Waals surface area contributed by atoms with Crippen molar-refractivity contribution in [3.63, 3.8) is 0 Å². The molecule has 2 aromatic carbocycles. The normalized spacial score (nSPS) is 16.8. The lowest BCUT2D eigenvalue weighted by Gasteiger charge is -2.36. The second kappa shape index (κ2) is 7.59. The maximum absolute atomic E-state index is 12.8. The summed E-state index contributed by atoms with van der Waals surface area (Å²) in [6.07, 6.45) is 2.21. The largest absolute Gasteiger partial charge is 0.356 e. The number of hydrogen-bond acceptors (Lipinski definition) is 4. The summed E-state index contributed by atoms with van der Waals surface area (Å²) in [5.41, 5.74) is 9.68. The van der Waals surface area contributed by atoms with Crippen molar-refractivity contribution >= 4 is 42.6 Å². The van der Waals surface area contributed by atoms with E-state index in [1.165, 1.54) is 11.8 Å². The first-order chi connectivity index (χ1) is 13.8. The smallest absolute Gasteiger partial charge is 0.224 e. The summed E-state index contributed by atoms with van der Waals surface area (Å²) in [6, 6.07) is 12.6. The number of H-pyrrole nitrogens is 1. The molecule has 1 atom stereocenters. The second-order valence-electron chi connectivity index (χ2n) is 7.33. The van der Waals surface area contributed by atoms with Gasteiger partial charge >= 0.3 is 0 Å². The van der Waals surface area contributed by atoms with Gasteiger partial charge in [0.05, 0.1) is 10.9 Å². The van der Waals surface area contributed by atoms with Gasteiger partial charge in [-0.05, 0) is 47.9 Å². The number of nitrogens with one attached hydrogen (secondary N) is 1. The number of carbonyl (C=O) groups is 1. The van der Waals surface area contributed by atoms with E-state index in [-0.39, 0.29) is 23.3 Å². The predicted octanol–water partition coefficient (Wildman–Crippen LogP) is 3.16. The SMILES string of the molecule is CS(=O)(=O)c1ccc(C2c3[nH]c4ccc(Br)cc4c3CCN2C(=O)CCN)cc1. The summed E-state index contributed by atoms with van der Waals surface area (Å²) in [5, 5.41) is 1.14. The van der Waals surface area contributed by atoms with Crippen LogP contribution in [0.4, 0.5) is 0 Å². The van der Waals surface area contributed by atoms with Crippen LogP contribution in [0.2, 0.25) is 0 Å². The molecule has 0 fully saturated rings. The van der Waals surface area contributed by atoms with E-state index in [2.05, 4.69) is 27.0 Å². The van der Waals surface area contributed by atoms with E-state index in [1.54, 1.807) is 24.3 Å². The molecule has 6 nitrogen and oxygen atoms in total. The van der Waals surface area contributed by atoms with Gasteiger partial charge in [-0.2, -0.15) is 0 Å². The first-order valence-corrected chi connectivity index (χ1v) is 12.1. The van der Waals surface area contributed by atoms with Crippen molar-refractivity contribution in [2.45, 2.75) is 23.8 Å². The monoisotopic (exact) mass is 475 g/mol. The van der Waals surface area contributed by atoms with Crippen molar-refractivity contribution < 1.29 is 13.2 Å². The number of hydrogen-bond donors (Lipinski definition) is 2. The zero-order valence-electron chi connectivity index (χ0n) is 16.0. The van der Waals surface area contributed by atoms with Crippen molar-refractivity contribution in [2.24, 2.45) is 5.73 Å². The Labute approximate surface area is 178 Å². The van der Waals surface area contributed by atoms with Crippen molar-refractivity contribution in [1.29, 1.82) is 0 Å². The van der Waals surface area contributed by atoms with Crippen LogP contribution in [0, 0.1) is 0 Å². The van der Waals surface area contributed by atoms with Gasteiger partial charge in [-0.15, -0.1) is 0 Å². The summed E-state index contributed by atoms with van der Waals surface area (Å²) >= 11 is 3.54. The molecule has 0 saturated carbocycles. The third kappa shape index (κ3) is 3.72. The number of nitrogens with two attached hydrogens (primary N) is 1. The summed E-state index contributed by atoms with van der Waals surface area (Å²) in [6.45, 7) is 0.880. The van der Waals surface area contributed by atoms with Crippen molar-refractivity contribution in [2.75, 3.05) is 19.3 Å². The Hall–Kier alpha value is -2.16. The highest BCUT2D eigenvalue weighted by molar-refractivity contribution is 9.10. The minimum Gasteiger partial charge on any atom is -0.356 e. The van der Waals surface area contributed by atoms with Crippen molar-refractivity contribution in [1.82, 2.24) is 9.88 Å². The highest BCUT2D eigenvalue weighted by Crippen LogP contribution is 2.39. The van der Waals surface area contributed by atoms with E-state index in [0.717, 1.165) is 33.1 Å². The predicted molar refractivity (Wildman–Crippen MR) is 116 cm³/mol. The molecule has 0 radical (unpaired) electrons. The molecule has 3 N–H and O–H groups in total. The van der Waals surface area contributed by atoms with Crippen LogP contribution in [0.25, 0.3) is 10.9 Å². The van der Waals surface area contributed by atoms with Crippen LogP contribution in [-0.2, 0) is 21.1 Å². The molecule has 2 heterocycles. The number of rotatable bonds is 4. The second-order valence-corrected chi connectivity index (χ2v) is 10.3. The average molecular weight is 476 g/mol. The molecule has 1 aliphatic rings. The lowest BCUT2D eigenvalue weighted by Crippen LogP contribution is -2.41. The van der Waals surface area contributed by atoms with Gasteiger partial charge in [-0.3, -0.25) is 4.79 Å². The van der Waals surface area contributed by atoms with Gasteiger partial charge in [0.2, 0.25) is 5.91 Å². The van der Waals surface area contributed by atoms with Crippen LogP contribution in [0.5, 0.6) is 0 Å². The van der Waals surface area contributed by atoms with E-state index in [0.29, 0.717) is 13.1 Å². The van der Waals surface area contributed by atoms with Gasteiger partial charge in [0.15, 0.2) is 9.84 Å². The van der Waals surface area contributed by atoms with Crippen LogP contribution < -0.4 is 5.73 Å². The van der Waals surface area contributed by atoms with Crippen LogP contribution in [-0.4, -0.2) is 43.6 Å². The highest BCUT2D eigenvalue weighted by Gasteiger charge is 2.34. The minimum atomic E-state index is -3.28. The van der Waals surface area contributed by atoms with Crippen LogP contribution in [0.15, 0.2) is 51.8 Å². The molecule has 1 aromatic heterocycles. The summed E-state index contributed by atoms with van der Waals surface area (Å²) < 4.78 is 24.7. The first kappa shape index (κ1) is 20.1. The fraction of sp³-hybridized carbons (Fsp3) is 0.286. The first-order valence-electron chi connectivity index (χ1n) is 9.39. The third-order valence-electron chi connectivity index (χ3n) is 5.39. The van der Waals surface area contributed by atoms with Crippen LogP contribution in [0.3, 0.4) is 0 Å². The number of aromatic amines is 1. The molecule has 29 heavy (non-hydrogen) atoms. The molecule has 1 unspecified atom stereocenters. The zero-order chi connectivity index (χ0) is 20.8. The number of halogens is 1. The number of aromatic nitrogens is 1. The number of fused-ring (bicyclic) bond motifs is 3. The average Bonchev–Trinajstić information content (AvgIpc) is 3.04. The van der Waals surface area contributed by atoms with E-state index in [9.17, 15) is 13.2 Å². The topological polar surface area (TPSA) is 96.3 Å². The molecule has 3 aromatic rings. The molecule has 0 saturated heterocycles. The Morgan fingerprint density at radius 1 is 1.24 bits per heavy atom. The summed E-state index contributed by atoms with van der Waals surface area (Å²) in [5.74, 6) is -0.00447. The molecule has 152 valence electrons. The summed E-state index contributed by atoms with van der Waals surface area (Å²) in [7, 11) is -3.28. The number of amides is 1. The Morgan fingerprint density at radius 2 is 1.97 bits per heavy atom. The molecule has 1 amide bonds. The molecule has 0 aliphatic carbocycles. The van der Waals surface area contributed by atoms with E-state index >= 15 is 0 Å². The van der Waals surface area contributed by atoms with E-state index in [4.69, 9.17) is 5.73 Å². The zero-order valence-corrected chi connectivity index (χ0v) is 18.4. The molecule has 1 aliphatic heterocycles. The van der Waals surface area contributed by atoms with Gasteiger partial charge in [0.25, 0.3) is 0 Å². The Kier molecular flexibility index (Phi) is 5.27. The number of sulfone groups is 1. The van der Waals surface area contributed by atoms with Crippen molar-refractivity contribution in [3.8, 4) is 0 Å². The fourth-order valence-corrected chi connectivity index (χ4v) is 5.03. The third-order valence-corrected chi connectivity index (χ3v) is 7.01. The lowest BCUT2D eigenvalue weighted by molar-refractivity contribution is -0.133. The molecular weight excluding hydrogens is 454 g/mol. The fourth-order valence-electron chi connectivity index (χ4n) is 4.04. The highest BCUT2D eigenvalue weighted by atomic mass is 79.9. The molecule has 0 spiro atoms. The Balaban J connectivity index is 1.86. The number of carbonyl (C=O) groups excluding carboxylic acids is 1. The van der Waals surface area contributed by atoms with Gasteiger partial charge in [-0.1, -0.05) is 28.1 Å². The van der Waals surface area contributed by atoms with E-state index in [1.807, 2.05) is 17.0 Å². The van der Waals surface area contributed by atoms with E-state index < -0.39 is 9.84 Å². The van der Waals surface area contributed by atoms with Gasteiger partial charge in [0.1, 0.15) is 0 Å².